The first kappa shape index (κ1) is 20.2. The van der Waals surface area contributed by atoms with Gasteiger partial charge >= 0.3 is 0 Å². The van der Waals surface area contributed by atoms with Gasteiger partial charge in [0.15, 0.2) is 11.3 Å². The Hall–Kier alpha value is -2.07. The van der Waals surface area contributed by atoms with Gasteiger partial charge in [-0.3, -0.25) is 19.6 Å². The second-order valence-corrected chi connectivity index (χ2v) is 7.04. The molecule has 3 N–H and O–H groups in total. The molecule has 2 rings (SSSR count). The van der Waals surface area contributed by atoms with Gasteiger partial charge in [-0.1, -0.05) is 19.8 Å². The number of nitrogens with zero attached hydrogens (tertiary/aromatic N) is 2. The lowest BCUT2D eigenvalue weighted by Gasteiger charge is -2.29. The fraction of sp³-hybridized carbons (Fsp3) is 0.625. The average Bonchev–Trinajstić information content (AvgIpc) is 3.32. The number of halogens is 1. The lowest BCUT2D eigenvalue weighted by atomic mass is 9.94. The van der Waals surface area contributed by atoms with Crippen LogP contribution in [0.5, 0.6) is 0 Å². The third kappa shape index (κ3) is 4.76. The number of anilines is 1. The van der Waals surface area contributed by atoms with Crippen molar-refractivity contribution in [3.63, 3.8) is 0 Å². The molecule has 2 heterocycles. The SMILES string of the molecule is CCCCC(C(=O)N1CCCC1C(=O)Nc1nccs1)C(F)C(=O)NO. The molecule has 0 aromatic carbocycles. The van der Waals surface area contributed by atoms with Crippen LogP contribution >= 0.6 is 11.3 Å². The van der Waals surface area contributed by atoms with Crippen molar-refractivity contribution in [2.75, 3.05) is 11.9 Å². The summed E-state index contributed by atoms with van der Waals surface area (Å²) in [6.07, 6.45) is 1.92. The van der Waals surface area contributed by atoms with E-state index in [0.29, 0.717) is 30.9 Å². The van der Waals surface area contributed by atoms with Crippen LogP contribution in [-0.2, 0) is 14.4 Å². The van der Waals surface area contributed by atoms with Crippen molar-refractivity contribution >= 4 is 34.2 Å². The lowest BCUT2D eigenvalue weighted by molar-refractivity contribution is -0.148. The van der Waals surface area contributed by atoms with E-state index in [0.717, 1.165) is 6.42 Å². The zero-order valence-electron chi connectivity index (χ0n) is 14.5. The second-order valence-electron chi connectivity index (χ2n) is 6.14. The molecule has 1 saturated heterocycles. The summed E-state index contributed by atoms with van der Waals surface area (Å²) in [5.41, 5.74) is 1.26. The highest BCUT2D eigenvalue weighted by molar-refractivity contribution is 7.13. The molecule has 1 aromatic rings. The Kier molecular flexibility index (Phi) is 7.46. The summed E-state index contributed by atoms with van der Waals surface area (Å²) in [6.45, 7) is 2.21. The maximum atomic E-state index is 14.4. The Labute approximate surface area is 154 Å². The van der Waals surface area contributed by atoms with Crippen LogP contribution in [0.1, 0.15) is 39.0 Å². The fourth-order valence-corrected chi connectivity index (χ4v) is 3.59. The van der Waals surface area contributed by atoms with Gasteiger partial charge in [-0.05, 0) is 19.3 Å². The molecule has 0 aliphatic carbocycles. The van der Waals surface area contributed by atoms with Gasteiger partial charge in [0, 0.05) is 18.1 Å². The molecule has 3 amide bonds. The predicted octanol–water partition coefficient (Wildman–Crippen LogP) is 1.72. The van der Waals surface area contributed by atoms with Crippen molar-refractivity contribution in [2.24, 2.45) is 5.92 Å². The zero-order valence-corrected chi connectivity index (χ0v) is 15.3. The Morgan fingerprint density at radius 2 is 2.27 bits per heavy atom. The minimum absolute atomic E-state index is 0.168. The first-order chi connectivity index (χ1) is 12.5. The molecule has 0 bridgehead atoms. The van der Waals surface area contributed by atoms with Crippen LogP contribution in [0.3, 0.4) is 0 Å². The summed E-state index contributed by atoms with van der Waals surface area (Å²) >= 11 is 1.26. The van der Waals surface area contributed by atoms with Crippen molar-refractivity contribution in [3.05, 3.63) is 11.6 Å². The maximum absolute atomic E-state index is 14.4. The molecule has 1 aromatic heterocycles. The Morgan fingerprint density at radius 3 is 2.88 bits per heavy atom. The monoisotopic (exact) mass is 386 g/mol. The number of amides is 3. The standard InChI is InChI=1S/C16H23FN4O4S/c1-2-3-5-10(12(17)14(23)20-25)15(24)21-8-4-6-11(21)13(22)19-16-18-7-9-26-16/h7,9-12,25H,2-6,8H2,1H3,(H,20,23)(H,18,19,22). The molecule has 144 valence electrons. The van der Waals surface area contributed by atoms with Gasteiger partial charge in [-0.15, -0.1) is 11.3 Å². The fourth-order valence-electron chi connectivity index (χ4n) is 3.05. The second kappa shape index (κ2) is 9.58. The first-order valence-electron chi connectivity index (χ1n) is 8.58. The molecule has 10 heteroatoms. The zero-order chi connectivity index (χ0) is 19.1. The van der Waals surface area contributed by atoms with Crippen molar-refractivity contribution in [1.29, 1.82) is 0 Å². The largest absolute Gasteiger partial charge is 0.330 e. The van der Waals surface area contributed by atoms with Gasteiger partial charge in [0.05, 0.1) is 5.92 Å². The Bertz CT molecular complexity index is 628. The number of rotatable bonds is 8. The van der Waals surface area contributed by atoms with Crippen LogP contribution in [0.25, 0.3) is 0 Å². The van der Waals surface area contributed by atoms with Gasteiger partial charge in [0.2, 0.25) is 11.8 Å². The third-order valence-electron chi connectivity index (χ3n) is 4.40. The van der Waals surface area contributed by atoms with Crippen LogP contribution in [0.15, 0.2) is 11.6 Å². The summed E-state index contributed by atoms with van der Waals surface area (Å²) < 4.78 is 14.4. The summed E-state index contributed by atoms with van der Waals surface area (Å²) in [5, 5.41) is 13.5. The molecule has 0 saturated carbocycles. The molecule has 1 aliphatic heterocycles. The van der Waals surface area contributed by atoms with Gasteiger partial charge in [-0.2, -0.15) is 0 Å². The van der Waals surface area contributed by atoms with Crippen LogP contribution < -0.4 is 10.8 Å². The molecule has 0 radical (unpaired) electrons. The highest BCUT2D eigenvalue weighted by Crippen LogP contribution is 2.26. The molecule has 0 spiro atoms. The van der Waals surface area contributed by atoms with E-state index in [-0.39, 0.29) is 12.3 Å². The normalized spacial score (nSPS) is 19.0. The summed E-state index contributed by atoms with van der Waals surface area (Å²) in [5.74, 6) is -3.42. The molecule has 3 unspecified atom stereocenters. The van der Waals surface area contributed by atoms with Crippen LogP contribution in [0.4, 0.5) is 9.52 Å². The van der Waals surface area contributed by atoms with E-state index < -0.39 is 29.9 Å². The van der Waals surface area contributed by atoms with Crippen LogP contribution in [0, 0.1) is 5.92 Å². The van der Waals surface area contributed by atoms with E-state index >= 15 is 0 Å². The minimum atomic E-state index is -2.16. The Balaban J connectivity index is 2.11. The number of hydrogen-bond donors (Lipinski definition) is 3. The van der Waals surface area contributed by atoms with Crippen molar-refractivity contribution in [1.82, 2.24) is 15.4 Å². The van der Waals surface area contributed by atoms with Gasteiger partial charge in [0.25, 0.3) is 5.91 Å². The van der Waals surface area contributed by atoms with E-state index in [4.69, 9.17) is 5.21 Å². The van der Waals surface area contributed by atoms with E-state index in [1.165, 1.54) is 21.7 Å². The maximum Gasteiger partial charge on any atom is 0.278 e. The number of hydrogen-bond acceptors (Lipinski definition) is 6. The summed E-state index contributed by atoms with van der Waals surface area (Å²) in [7, 11) is 0. The topological polar surface area (TPSA) is 112 Å². The average molecular weight is 386 g/mol. The smallest absolute Gasteiger partial charge is 0.278 e. The van der Waals surface area contributed by atoms with E-state index in [2.05, 4.69) is 10.3 Å². The Morgan fingerprint density at radius 1 is 1.50 bits per heavy atom. The van der Waals surface area contributed by atoms with Gasteiger partial charge in [0.1, 0.15) is 6.04 Å². The van der Waals surface area contributed by atoms with Crippen molar-refractivity contribution < 1.29 is 24.0 Å². The highest BCUT2D eigenvalue weighted by Gasteiger charge is 2.41. The quantitative estimate of drug-likeness (QED) is 0.465. The summed E-state index contributed by atoms with van der Waals surface area (Å²) in [4.78, 5) is 42.1. The number of carbonyl (C=O) groups excluding carboxylic acids is 3. The minimum Gasteiger partial charge on any atom is -0.330 e. The summed E-state index contributed by atoms with van der Waals surface area (Å²) in [6, 6.07) is -0.722. The predicted molar refractivity (Wildman–Crippen MR) is 93.3 cm³/mol. The van der Waals surface area contributed by atoms with Crippen LogP contribution in [0.2, 0.25) is 0 Å². The van der Waals surface area contributed by atoms with Gasteiger partial charge < -0.3 is 10.2 Å². The molecular weight excluding hydrogens is 363 g/mol. The highest BCUT2D eigenvalue weighted by atomic mass is 32.1. The number of likely N-dealkylation sites (tertiary alicyclic amines) is 1. The number of hydroxylamine groups is 1. The van der Waals surface area contributed by atoms with Crippen molar-refractivity contribution in [2.45, 2.75) is 51.2 Å². The molecule has 1 fully saturated rings. The molecule has 26 heavy (non-hydrogen) atoms. The number of nitrogens with one attached hydrogen (secondary N) is 2. The lowest BCUT2D eigenvalue weighted by Crippen LogP contribution is -2.49. The molecule has 8 nitrogen and oxygen atoms in total. The van der Waals surface area contributed by atoms with E-state index in [1.54, 1.807) is 11.6 Å². The van der Waals surface area contributed by atoms with E-state index in [1.807, 2.05) is 6.92 Å². The van der Waals surface area contributed by atoms with E-state index in [9.17, 15) is 18.8 Å². The van der Waals surface area contributed by atoms with Crippen LogP contribution in [-0.4, -0.2) is 51.6 Å². The first-order valence-corrected chi connectivity index (χ1v) is 9.46. The molecular formula is C16H23FN4O4S. The molecule has 3 atom stereocenters. The molecule has 1 aliphatic rings. The third-order valence-corrected chi connectivity index (χ3v) is 5.09. The number of aromatic nitrogens is 1. The van der Waals surface area contributed by atoms with Gasteiger partial charge in [-0.25, -0.2) is 14.9 Å². The van der Waals surface area contributed by atoms with Crippen molar-refractivity contribution in [3.8, 4) is 0 Å². The number of alkyl halides is 1. The number of thiazole rings is 1. The number of unbranched alkanes of at least 4 members (excludes halogenated alkanes) is 1. The number of carbonyl (C=O) groups is 3.